The maximum absolute atomic E-state index is 13.5. The SMILES string of the molecule is O=C(CSC(=S)N1C[C@H]2C[C@@H](C1)c1cccc(=O)n1C2)N1c2ccccc2Sc2ccccc21. The molecule has 0 aliphatic carbocycles. The number of piperidine rings is 1. The molecule has 0 N–H and O–H groups in total. The second-order valence-electron chi connectivity index (χ2n) is 8.92. The van der Waals surface area contributed by atoms with Crippen molar-refractivity contribution in [3.63, 3.8) is 0 Å². The molecule has 0 spiro atoms. The van der Waals surface area contributed by atoms with Crippen molar-refractivity contribution in [3.05, 3.63) is 82.8 Å². The number of nitrogens with zero attached hydrogens (tertiary/aromatic N) is 3. The van der Waals surface area contributed by atoms with Gasteiger partial charge in [0.05, 0.1) is 17.1 Å². The number of carbonyl (C=O) groups is 1. The van der Waals surface area contributed by atoms with Gasteiger partial charge in [0.1, 0.15) is 4.32 Å². The predicted octanol–water partition coefficient (Wildman–Crippen LogP) is 5.12. The monoisotopic (exact) mass is 505 g/mol. The standard InChI is InChI=1S/C26H23N3O2S3/c30-24-11-5-8-19-18-12-17(14-28(19)24)13-27(15-18)26(32)33-16-25(31)29-20-6-1-3-9-22(20)34-23-10-4-2-7-21(23)29/h1-11,17-18H,12-16H2/t17-,18+/m1/s1. The summed E-state index contributed by atoms with van der Waals surface area (Å²) in [5.41, 5.74) is 3.05. The number of hydrogen-bond donors (Lipinski definition) is 0. The first-order chi connectivity index (χ1) is 16.6. The Morgan fingerprint density at radius 3 is 2.38 bits per heavy atom. The summed E-state index contributed by atoms with van der Waals surface area (Å²) in [6, 6.07) is 21.6. The predicted molar refractivity (Wildman–Crippen MR) is 142 cm³/mol. The maximum Gasteiger partial charge on any atom is 0.250 e. The number of thioether (sulfide) groups is 1. The van der Waals surface area contributed by atoms with Gasteiger partial charge in [-0.2, -0.15) is 0 Å². The highest BCUT2D eigenvalue weighted by atomic mass is 32.2. The van der Waals surface area contributed by atoms with Gasteiger partial charge in [-0.1, -0.05) is 66.1 Å². The number of likely N-dealkylation sites (tertiary alicyclic amines) is 1. The molecule has 8 heteroatoms. The first-order valence-corrected chi connectivity index (χ1v) is 13.6. The molecule has 3 aliphatic heterocycles. The van der Waals surface area contributed by atoms with Crippen molar-refractivity contribution in [2.24, 2.45) is 5.92 Å². The number of benzene rings is 2. The molecule has 1 amide bonds. The van der Waals surface area contributed by atoms with E-state index in [-0.39, 0.29) is 17.2 Å². The van der Waals surface area contributed by atoms with E-state index in [1.165, 1.54) is 11.8 Å². The van der Waals surface area contributed by atoms with E-state index in [0.29, 0.717) is 11.8 Å². The van der Waals surface area contributed by atoms with E-state index < -0.39 is 0 Å². The maximum atomic E-state index is 13.5. The van der Waals surface area contributed by atoms with Crippen LogP contribution in [0.2, 0.25) is 0 Å². The van der Waals surface area contributed by atoms with E-state index in [1.807, 2.05) is 51.9 Å². The van der Waals surface area contributed by atoms with Crippen LogP contribution in [-0.2, 0) is 11.3 Å². The fourth-order valence-corrected chi connectivity index (χ4v) is 7.39. The summed E-state index contributed by atoms with van der Waals surface area (Å²) < 4.78 is 2.70. The second-order valence-corrected chi connectivity index (χ2v) is 11.6. The first-order valence-electron chi connectivity index (χ1n) is 11.4. The third-order valence-corrected chi connectivity index (χ3v) is 9.38. The number of hydrogen-bond acceptors (Lipinski definition) is 5. The Bertz CT molecular complexity index is 1310. The molecule has 2 bridgehead atoms. The van der Waals surface area contributed by atoms with Crippen molar-refractivity contribution < 1.29 is 4.79 Å². The fourth-order valence-electron chi connectivity index (χ4n) is 5.30. The minimum Gasteiger partial charge on any atom is -0.356 e. The number of amides is 1. The Balaban J connectivity index is 1.18. The van der Waals surface area contributed by atoms with Gasteiger partial charge < -0.3 is 9.47 Å². The number of rotatable bonds is 2. The molecular weight excluding hydrogens is 483 g/mol. The highest BCUT2D eigenvalue weighted by Crippen LogP contribution is 2.48. The lowest BCUT2D eigenvalue weighted by atomic mass is 9.83. The van der Waals surface area contributed by atoms with Crippen LogP contribution in [-0.4, -0.2) is 38.5 Å². The lowest BCUT2D eigenvalue weighted by molar-refractivity contribution is -0.115. The Kier molecular flexibility index (Phi) is 5.75. The van der Waals surface area contributed by atoms with Crippen molar-refractivity contribution in [1.29, 1.82) is 0 Å². The molecule has 0 unspecified atom stereocenters. The smallest absolute Gasteiger partial charge is 0.250 e. The van der Waals surface area contributed by atoms with E-state index in [0.717, 1.165) is 57.2 Å². The summed E-state index contributed by atoms with van der Waals surface area (Å²) in [5.74, 6) is 1.02. The molecule has 2 atom stereocenters. The Morgan fingerprint density at radius 1 is 0.941 bits per heavy atom. The van der Waals surface area contributed by atoms with Crippen LogP contribution in [0.15, 0.2) is 81.3 Å². The molecule has 0 radical (unpaired) electrons. The molecule has 3 aromatic rings. The van der Waals surface area contributed by atoms with Crippen LogP contribution < -0.4 is 10.5 Å². The number of pyridine rings is 1. The third kappa shape index (κ3) is 3.87. The quantitative estimate of drug-likeness (QED) is 0.451. The van der Waals surface area contributed by atoms with Gasteiger partial charge in [-0.25, -0.2) is 0 Å². The minimum absolute atomic E-state index is 0.0293. The molecule has 1 saturated heterocycles. The van der Waals surface area contributed by atoms with Crippen molar-refractivity contribution >= 4 is 57.3 Å². The minimum atomic E-state index is 0.0293. The summed E-state index contributed by atoms with van der Waals surface area (Å²) in [4.78, 5) is 32.0. The zero-order chi connectivity index (χ0) is 23.2. The molecular formula is C26H23N3O2S3. The lowest BCUT2D eigenvalue weighted by Crippen LogP contribution is -2.48. The molecule has 34 heavy (non-hydrogen) atoms. The topological polar surface area (TPSA) is 45.6 Å². The average Bonchev–Trinajstić information content (AvgIpc) is 2.86. The zero-order valence-electron chi connectivity index (χ0n) is 18.4. The van der Waals surface area contributed by atoms with Gasteiger partial charge in [0, 0.05) is 47.1 Å². The second kappa shape index (κ2) is 8.91. The normalized spacial score (nSPS) is 20.2. The molecule has 6 rings (SSSR count). The number of fused-ring (bicyclic) bond motifs is 6. The number of carbonyl (C=O) groups excluding carboxylic acids is 1. The number of anilines is 2. The third-order valence-electron chi connectivity index (χ3n) is 6.74. The summed E-state index contributed by atoms with van der Waals surface area (Å²) in [6.45, 7) is 2.38. The van der Waals surface area contributed by atoms with Crippen LogP contribution in [0.1, 0.15) is 18.0 Å². The largest absolute Gasteiger partial charge is 0.356 e. The van der Waals surface area contributed by atoms with Gasteiger partial charge in [0.15, 0.2) is 0 Å². The molecule has 0 saturated carbocycles. The van der Waals surface area contributed by atoms with Crippen LogP contribution in [0.4, 0.5) is 11.4 Å². The highest BCUT2D eigenvalue weighted by molar-refractivity contribution is 8.23. The van der Waals surface area contributed by atoms with Gasteiger partial charge in [-0.05, 0) is 42.7 Å². The Hall–Kier alpha value is -2.55. The van der Waals surface area contributed by atoms with E-state index >= 15 is 0 Å². The van der Waals surface area contributed by atoms with E-state index in [2.05, 4.69) is 23.1 Å². The summed E-state index contributed by atoms with van der Waals surface area (Å²) in [7, 11) is 0. The Morgan fingerprint density at radius 2 is 1.65 bits per heavy atom. The molecule has 2 aromatic carbocycles. The molecule has 172 valence electrons. The highest BCUT2D eigenvalue weighted by Gasteiger charge is 2.36. The van der Waals surface area contributed by atoms with Gasteiger partial charge in [0.2, 0.25) is 5.91 Å². The van der Waals surface area contributed by atoms with Crippen LogP contribution in [0.3, 0.4) is 0 Å². The van der Waals surface area contributed by atoms with Crippen molar-refractivity contribution in [2.75, 3.05) is 23.7 Å². The Labute approximate surface area is 212 Å². The fraction of sp³-hybridized carbons (Fsp3) is 0.269. The van der Waals surface area contributed by atoms with Gasteiger partial charge >= 0.3 is 0 Å². The zero-order valence-corrected chi connectivity index (χ0v) is 20.9. The first kappa shape index (κ1) is 21.9. The van der Waals surface area contributed by atoms with Gasteiger partial charge in [-0.15, -0.1) is 0 Å². The number of para-hydroxylation sites is 2. The van der Waals surface area contributed by atoms with Crippen LogP contribution in [0.5, 0.6) is 0 Å². The summed E-state index contributed by atoms with van der Waals surface area (Å²) in [5, 5.41) is 0. The lowest BCUT2D eigenvalue weighted by Gasteiger charge is -2.43. The van der Waals surface area contributed by atoms with Crippen molar-refractivity contribution in [1.82, 2.24) is 9.47 Å². The molecule has 3 aliphatic rings. The van der Waals surface area contributed by atoms with E-state index in [4.69, 9.17) is 12.2 Å². The van der Waals surface area contributed by atoms with Gasteiger partial charge in [0.25, 0.3) is 5.56 Å². The van der Waals surface area contributed by atoms with Crippen molar-refractivity contribution in [3.8, 4) is 0 Å². The van der Waals surface area contributed by atoms with Crippen LogP contribution in [0.25, 0.3) is 0 Å². The molecule has 1 aromatic heterocycles. The number of aromatic nitrogens is 1. The molecule has 1 fully saturated rings. The van der Waals surface area contributed by atoms with E-state index in [9.17, 15) is 9.59 Å². The van der Waals surface area contributed by atoms with Crippen LogP contribution in [0, 0.1) is 5.92 Å². The van der Waals surface area contributed by atoms with Gasteiger partial charge in [-0.3, -0.25) is 14.5 Å². The molecule has 4 heterocycles. The molecule has 5 nitrogen and oxygen atoms in total. The summed E-state index contributed by atoms with van der Waals surface area (Å²) >= 11 is 8.94. The van der Waals surface area contributed by atoms with E-state index in [1.54, 1.807) is 17.8 Å². The van der Waals surface area contributed by atoms with Crippen LogP contribution >= 0.6 is 35.7 Å². The van der Waals surface area contributed by atoms with Crippen molar-refractivity contribution in [2.45, 2.75) is 28.7 Å². The summed E-state index contributed by atoms with van der Waals surface area (Å²) in [6.07, 6.45) is 1.09. The average molecular weight is 506 g/mol. The number of thiocarbonyl (C=S) groups is 1.